The zero-order chi connectivity index (χ0) is 7.56. The molecule has 2 unspecified atom stereocenters. The van der Waals surface area contributed by atoms with Crippen LogP contribution in [0.3, 0.4) is 0 Å². The average molecular weight is 138 g/mol. The molecule has 0 amide bonds. The summed E-state index contributed by atoms with van der Waals surface area (Å²) in [5.41, 5.74) is 1.63. The number of allylic oxidation sites excluding steroid dienone is 2. The third-order valence-corrected chi connectivity index (χ3v) is 2.42. The van der Waals surface area contributed by atoms with Gasteiger partial charge in [0.1, 0.15) is 0 Å². The molecule has 0 aromatic rings. The van der Waals surface area contributed by atoms with E-state index in [1.165, 1.54) is 19.3 Å². The summed E-state index contributed by atoms with van der Waals surface area (Å²) in [5.74, 6) is 2.22. The monoisotopic (exact) mass is 138 g/mol. The molecule has 0 aromatic carbocycles. The first-order valence-electron chi connectivity index (χ1n) is 4.52. The Morgan fingerprint density at radius 1 is 1.30 bits per heavy atom. The third kappa shape index (κ3) is 1.62. The van der Waals surface area contributed by atoms with Crippen LogP contribution in [0.4, 0.5) is 0 Å². The van der Waals surface area contributed by atoms with Crippen molar-refractivity contribution >= 4 is 0 Å². The molecule has 0 bridgehead atoms. The van der Waals surface area contributed by atoms with Gasteiger partial charge in [0.25, 0.3) is 0 Å². The van der Waals surface area contributed by atoms with Gasteiger partial charge in [-0.3, -0.25) is 0 Å². The molecule has 0 heteroatoms. The standard InChI is InChI=1S/C8H12.C2H6/c1-6-2-3-7-5-8(7)4-6;1-2/h2,7-8H,3-5H2,1H3;1-2H3. The SMILES string of the molecule is CC.CC1=CCC2CC2C1. The molecule has 10 heavy (non-hydrogen) atoms. The Morgan fingerprint density at radius 3 is 2.50 bits per heavy atom. The fourth-order valence-electron chi connectivity index (χ4n) is 1.70. The molecule has 0 N–H and O–H groups in total. The molecule has 0 heterocycles. The van der Waals surface area contributed by atoms with E-state index >= 15 is 0 Å². The van der Waals surface area contributed by atoms with Crippen molar-refractivity contribution in [3.05, 3.63) is 11.6 Å². The summed E-state index contributed by atoms with van der Waals surface area (Å²) in [5, 5.41) is 0. The van der Waals surface area contributed by atoms with Crippen LogP contribution in [-0.2, 0) is 0 Å². The summed E-state index contributed by atoms with van der Waals surface area (Å²) in [4.78, 5) is 0. The predicted molar refractivity (Wildman–Crippen MR) is 45.9 cm³/mol. The van der Waals surface area contributed by atoms with Crippen molar-refractivity contribution in [1.82, 2.24) is 0 Å². The van der Waals surface area contributed by atoms with E-state index in [0.29, 0.717) is 0 Å². The molecule has 2 rings (SSSR count). The Bertz CT molecular complexity index is 133. The van der Waals surface area contributed by atoms with Crippen LogP contribution in [-0.4, -0.2) is 0 Å². The average Bonchev–Trinajstić information content (AvgIpc) is 2.70. The van der Waals surface area contributed by atoms with Gasteiger partial charge in [-0.1, -0.05) is 25.5 Å². The van der Waals surface area contributed by atoms with Gasteiger partial charge in [-0.05, 0) is 38.0 Å². The van der Waals surface area contributed by atoms with Crippen LogP contribution in [0, 0.1) is 11.8 Å². The number of fused-ring (bicyclic) bond motifs is 1. The van der Waals surface area contributed by atoms with Gasteiger partial charge in [0.05, 0.1) is 0 Å². The molecule has 0 radical (unpaired) electrons. The van der Waals surface area contributed by atoms with Crippen LogP contribution in [0.25, 0.3) is 0 Å². The fraction of sp³-hybridized carbons (Fsp3) is 0.800. The van der Waals surface area contributed by atoms with Gasteiger partial charge in [-0.25, -0.2) is 0 Å². The van der Waals surface area contributed by atoms with Crippen molar-refractivity contribution in [2.75, 3.05) is 0 Å². The molecule has 2 aliphatic rings. The first kappa shape index (κ1) is 7.84. The van der Waals surface area contributed by atoms with E-state index in [-0.39, 0.29) is 0 Å². The van der Waals surface area contributed by atoms with Gasteiger partial charge in [0, 0.05) is 0 Å². The Morgan fingerprint density at radius 2 is 2.00 bits per heavy atom. The van der Waals surface area contributed by atoms with E-state index in [4.69, 9.17) is 0 Å². The van der Waals surface area contributed by atoms with Gasteiger partial charge >= 0.3 is 0 Å². The van der Waals surface area contributed by atoms with E-state index in [1.807, 2.05) is 13.8 Å². The Hall–Kier alpha value is -0.260. The highest BCUT2D eigenvalue weighted by Gasteiger charge is 2.37. The van der Waals surface area contributed by atoms with Gasteiger partial charge in [0.2, 0.25) is 0 Å². The van der Waals surface area contributed by atoms with Crippen LogP contribution in [0.5, 0.6) is 0 Å². The van der Waals surface area contributed by atoms with Crippen LogP contribution in [0.2, 0.25) is 0 Å². The Labute approximate surface area is 64.3 Å². The van der Waals surface area contributed by atoms with Gasteiger partial charge in [0.15, 0.2) is 0 Å². The minimum Gasteiger partial charge on any atom is -0.0853 e. The van der Waals surface area contributed by atoms with E-state index in [9.17, 15) is 0 Å². The van der Waals surface area contributed by atoms with Gasteiger partial charge < -0.3 is 0 Å². The molecule has 58 valence electrons. The van der Waals surface area contributed by atoms with Crippen molar-refractivity contribution in [1.29, 1.82) is 0 Å². The lowest BCUT2D eigenvalue weighted by Crippen LogP contribution is -1.90. The molecule has 2 atom stereocenters. The van der Waals surface area contributed by atoms with Gasteiger partial charge in [-0.15, -0.1) is 0 Å². The second kappa shape index (κ2) is 3.23. The third-order valence-electron chi connectivity index (χ3n) is 2.42. The van der Waals surface area contributed by atoms with E-state index in [2.05, 4.69) is 13.0 Å². The lowest BCUT2D eigenvalue weighted by Gasteiger charge is -2.04. The van der Waals surface area contributed by atoms with E-state index in [0.717, 1.165) is 11.8 Å². The summed E-state index contributed by atoms with van der Waals surface area (Å²) in [7, 11) is 0. The molecule has 2 aliphatic carbocycles. The summed E-state index contributed by atoms with van der Waals surface area (Å²) in [6, 6.07) is 0. The van der Waals surface area contributed by atoms with Crippen molar-refractivity contribution in [3.63, 3.8) is 0 Å². The van der Waals surface area contributed by atoms with Crippen molar-refractivity contribution in [3.8, 4) is 0 Å². The summed E-state index contributed by atoms with van der Waals surface area (Å²) in [6.07, 6.45) is 6.73. The second-order valence-corrected chi connectivity index (χ2v) is 3.25. The highest BCUT2D eigenvalue weighted by atomic mass is 14.4. The quantitative estimate of drug-likeness (QED) is 0.450. The highest BCUT2D eigenvalue weighted by Crippen LogP contribution is 2.48. The molecule has 0 spiro atoms. The zero-order valence-corrected chi connectivity index (χ0v) is 7.35. The molecule has 0 saturated heterocycles. The maximum Gasteiger partial charge on any atom is -0.0292 e. The lowest BCUT2D eigenvalue weighted by atomic mass is 10.0. The largest absolute Gasteiger partial charge is 0.0853 e. The van der Waals surface area contributed by atoms with Crippen LogP contribution in [0.15, 0.2) is 11.6 Å². The molecule has 1 saturated carbocycles. The molecular weight excluding hydrogens is 120 g/mol. The summed E-state index contributed by atoms with van der Waals surface area (Å²) < 4.78 is 0. The first-order chi connectivity index (χ1) is 4.86. The predicted octanol–water partition coefficient (Wildman–Crippen LogP) is 3.39. The number of hydrogen-bond acceptors (Lipinski definition) is 0. The van der Waals surface area contributed by atoms with Crippen molar-refractivity contribution in [2.24, 2.45) is 11.8 Å². The fourth-order valence-corrected chi connectivity index (χ4v) is 1.70. The number of rotatable bonds is 0. The molecule has 0 nitrogen and oxygen atoms in total. The summed E-state index contributed by atoms with van der Waals surface area (Å²) in [6.45, 7) is 6.26. The normalized spacial score (nSPS) is 34.9. The molecule has 1 fully saturated rings. The summed E-state index contributed by atoms with van der Waals surface area (Å²) >= 11 is 0. The van der Waals surface area contributed by atoms with Gasteiger partial charge in [-0.2, -0.15) is 0 Å². The maximum absolute atomic E-state index is 2.41. The topological polar surface area (TPSA) is 0 Å². The van der Waals surface area contributed by atoms with Crippen molar-refractivity contribution in [2.45, 2.75) is 40.0 Å². The van der Waals surface area contributed by atoms with Crippen LogP contribution < -0.4 is 0 Å². The van der Waals surface area contributed by atoms with Crippen LogP contribution >= 0.6 is 0 Å². The minimum absolute atomic E-state index is 1.11. The minimum atomic E-state index is 1.11. The highest BCUT2D eigenvalue weighted by molar-refractivity contribution is 5.11. The van der Waals surface area contributed by atoms with E-state index < -0.39 is 0 Å². The molecule has 0 aromatic heterocycles. The molecule has 0 aliphatic heterocycles. The zero-order valence-electron chi connectivity index (χ0n) is 7.35. The first-order valence-corrected chi connectivity index (χ1v) is 4.52. The Balaban J connectivity index is 0.000000231. The second-order valence-electron chi connectivity index (χ2n) is 3.25. The molecular formula is C10H18. The number of hydrogen-bond donors (Lipinski definition) is 0. The maximum atomic E-state index is 2.41. The lowest BCUT2D eigenvalue weighted by molar-refractivity contribution is 0.663. The smallest absolute Gasteiger partial charge is 0.0292 e. The Kier molecular flexibility index (Phi) is 2.53. The van der Waals surface area contributed by atoms with Crippen LogP contribution in [0.1, 0.15) is 40.0 Å². The van der Waals surface area contributed by atoms with E-state index in [1.54, 1.807) is 5.57 Å². The van der Waals surface area contributed by atoms with Crippen molar-refractivity contribution < 1.29 is 0 Å².